The van der Waals surface area contributed by atoms with E-state index in [1.54, 1.807) is 4.90 Å². The number of ether oxygens (including phenoxy) is 1. The second-order valence-electron chi connectivity index (χ2n) is 3.37. The average molecular weight is 175 g/mol. The van der Waals surface area contributed by atoms with E-state index in [1.165, 1.54) is 0 Å². The number of likely N-dealkylation sites (tertiary alicyclic amines) is 1. The van der Waals surface area contributed by atoms with Crippen LogP contribution in [0.15, 0.2) is 0 Å². The van der Waals surface area contributed by atoms with Gasteiger partial charge in [-0.1, -0.05) is 0 Å². The smallest absolute Gasteiger partial charge is 0.344 e. The van der Waals surface area contributed by atoms with Crippen molar-refractivity contribution in [1.82, 2.24) is 4.90 Å². The number of aliphatic carboxylic acids is 1. The fraction of sp³-hybridized carbons (Fsp3) is 0.857. The third-order valence-corrected chi connectivity index (χ3v) is 2.43. The van der Waals surface area contributed by atoms with E-state index in [9.17, 15) is 9.18 Å². The van der Waals surface area contributed by atoms with E-state index in [4.69, 9.17) is 9.84 Å². The summed E-state index contributed by atoms with van der Waals surface area (Å²) in [5.41, 5.74) is -2.00. The molecule has 5 heteroatoms. The van der Waals surface area contributed by atoms with Crippen LogP contribution in [-0.4, -0.2) is 54.0 Å². The van der Waals surface area contributed by atoms with Gasteiger partial charge in [-0.3, -0.25) is 4.90 Å². The normalized spacial score (nSPS) is 29.1. The Morgan fingerprint density at radius 1 is 1.58 bits per heavy atom. The maximum Gasteiger partial charge on any atom is 0.344 e. The Morgan fingerprint density at radius 3 is 2.50 bits per heavy atom. The standard InChI is InChI=1S/C7H10FNO3/c8-7(6(10)11)3-9(4-7)5-1-12-2-5/h5H,1-4H2,(H,10,11). The van der Waals surface area contributed by atoms with Crippen LogP contribution in [0.25, 0.3) is 0 Å². The Balaban J connectivity index is 1.85. The van der Waals surface area contributed by atoms with Crippen molar-refractivity contribution in [2.75, 3.05) is 26.3 Å². The van der Waals surface area contributed by atoms with Crippen molar-refractivity contribution >= 4 is 5.97 Å². The van der Waals surface area contributed by atoms with Gasteiger partial charge in [0.1, 0.15) is 0 Å². The van der Waals surface area contributed by atoms with Gasteiger partial charge in [0.25, 0.3) is 0 Å². The SMILES string of the molecule is O=C(O)C1(F)CN(C2COC2)C1. The predicted octanol–water partition coefficient (Wildman–Crippen LogP) is -0.506. The molecular weight excluding hydrogens is 165 g/mol. The molecule has 1 N–H and O–H groups in total. The highest BCUT2D eigenvalue weighted by Gasteiger charge is 2.53. The van der Waals surface area contributed by atoms with Crippen molar-refractivity contribution in [2.45, 2.75) is 11.7 Å². The maximum absolute atomic E-state index is 13.1. The highest BCUT2D eigenvalue weighted by Crippen LogP contribution is 2.29. The van der Waals surface area contributed by atoms with Crippen LogP contribution >= 0.6 is 0 Å². The lowest BCUT2D eigenvalue weighted by molar-refractivity contribution is -0.178. The summed E-state index contributed by atoms with van der Waals surface area (Å²) in [5.74, 6) is -1.35. The number of hydrogen-bond donors (Lipinski definition) is 1. The second-order valence-corrected chi connectivity index (χ2v) is 3.37. The summed E-state index contributed by atoms with van der Waals surface area (Å²) in [6.07, 6.45) is 0. The summed E-state index contributed by atoms with van der Waals surface area (Å²) in [6, 6.07) is 0.244. The van der Waals surface area contributed by atoms with E-state index < -0.39 is 11.6 Å². The largest absolute Gasteiger partial charge is 0.479 e. The molecule has 0 amide bonds. The molecule has 0 saturated carbocycles. The summed E-state index contributed by atoms with van der Waals surface area (Å²) in [5, 5.41) is 8.45. The molecule has 0 bridgehead atoms. The zero-order valence-corrected chi connectivity index (χ0v) is 6.49. The van der Waals surface area contributed by atoms with Gasteiger partial charge in [0.2, 0.25) is 5.67 Å². The van der Waals surface area contributed by atoms with Crippen LogP contribution in [0.3, 0.4) is 0 Å². The average Bonchev–Trinajstić information content (AvgIpc) is 1.79. The number of nitrogens with zero attached hydrogens (tertiary/aromatic N) is 1. The van der Waals surface area contributed by atoms with Crippen LogP contribution < -0.4 is 0 Å². The number of halogens is 1. The lowest BCUT2D eigenvalue weighted by atomic mass is 9.94. The molecule has 2 aliphatic rings. The third kappa shape index (κ3) is 1.01. The highest BCUT2D eigenvalue weighted by atomic mass is 19.1. The van der Waals surface area contributed by atoms with Crippen LogP contribution in [0.5, 0.6) is 0 Å². The minimum absolute atomic E-state index is 0.0103. The highest BCUT2D eigenvalue weighted by molar-refractivity contribution is 5.79. The first-order valence-corrected chi connectivity index (χ1v) is 3.86. The topological polar surface area (TPSA) is 49.8 Å². The summed E-state index contributed by atoms with van der Waals surface area (Å²) < 4.78 is 18.0. The van der Waals surface area contributed by atoms with E-state index in [2.05, 4.69) is 0 Å². The number of carbonyl (C=O) groups is 1. The predicted molar refractivity (Wildman–Crippen MR) is 37.7 cm³/mol. The van der Waals surface area contributed by atoms with Crippen molar-refractivity contribution in [3.63, 3.8) is 0 Å². The van der Waals surface area contributed by atoms with Crippen molar-refractivity contribution < 1.29 is 19.0 Å². The minimum atomic E-state index is -2.00. The summed E-state index contributed by atoms with van der Waals surface area (Å²) in [6.45, 7) is 1.23. The van der Waals surface area contributed by atoms with Crippen LogP contribution in [-0.2, 0) is 9.53 Å². The van der Waals surface area contributed by atoms with Crippen LogP contribution in [0, 0.1) is 0 Å². The molecule has 4 nitrogen and oxygen atoms in total. The molecule has 2 heterocycles. The first-order chi connectivity index (χ1) is 5.62. The number of hydrogen-bond acceptors (Lipinski definition) is 3. The van der Waals surface area contributed by atoms with Gasteiger partial charge in [0, 0.05) is 13.1 Å². The fourth-order valence-electron chi connectivity index (χ4n) is 1.43. The molecule has 0 unspecified atom stereocenters. The zero-order chi connectivity index (χ0) is 8.77. The first-order valence-electron chi connectivity index (χ1n) is 3.86. The van der Waals surface area contributed by atoms with E-state index in [0.29, 0.717) is 13.2 Å². The number of alkyl halides is 1. The molecule has 12 heavy (non-hydrogen) atoms. The molecule has 0 aromatic rings. The van der Waals surface area contributed by atoms with Gasteiger partial charge in [-0.15, -0.1) is 0 Å². The quantitative estimate of drug-likeness (QED) is 0.614. The molecule has 0 atom stereocenters. The summed E-state index contributed by atoms with van der Waals surface area (Å²) in [4.78, 5) is 12.1. The van der Waals surface area contributed by atoms with Crippen LogP contribution in [0.4, 0.5) is 4.39 Å². The third-order valence-electron chi connectivity index (χ3n) is 2.43. The van der Waals surface area contributed by atoms with Crippen LogP contribution in [0.1, 0.15) is 0 Å². The number of carboxylic acids is 1. The summed E-state index contributed by atoms with van der Waals surface area (Å²) in [7, 11) is 0. The van der Waals surface area contributed by atoms with E-state index in [1.807, 2.05) is 0 Å². The van der Waals surface area contributed by atoms with Crippen molar-refractivity contribution in [3.8, 4) is 0 Å². The molecule has 0 radical (unpaired) electrons. The Hall–Kier alpha value is -0.680. The van der Waals surface area contributed by atoms with Crippen molar-refractivity contribution in [2.24, 2.45) is 0 Å². The Bertz CT molecular complexity index is 211. The van der Waals surface area contributed by atoms with Crippen molar-refractivity contribution in [3.05, 3.63) is 0 Å². The van der Waals surface area contributed by atoms with Gasteiger partial charge in [-0.05, 0) is 0 Å². The van der Waals surface area contributed by atoms with Gasteiger partial charge >= 0.3 is 5.97 Å². The van der Waals surface area contributed by atoms with Gasteiger partial charge < -0.3 is 9.84 Å². The molecule has 0 aromatic carbocycles. The molecule has 0 aliphatic carbocycles. The molecule has 2 rings (SSSR count). The Morgan fingerprint density at radius 2 is 2.17 bits per heavy atom. The second kappa shape index (κ2) is 2.40. The molecular formula is C7H10FNO3. The Kier molecular flexibility index (Phi) is 1.59. The Labute approximate surface area is 68.9 Å². The van der Waals surface area contributed by atoms with E-state index in [0.717, 1.165) is 0 Å². The maximum atomic E-state index is 13.1. The van der Waals surface area contributed by atoms with Gasteiger partial charge in [0.05, 0.1) is 19.3 Å². The van der Waals surface area contributed by atoms with Crippen LogP contribution in [0.2, 0.25) is 0 Å². The lowest BCUT2D eigenvalue weighted by Crippen LogP contribution is -2.69. The van der Waals surface area contributed by atoms with Gasteiger partial charge in [-0.25, -0.2) is 9.18 Å². The van der Waals surface area contributed by atoms with Crippen molar-refractivity contribution in [1.29, 1.82) is 0 Å². The van der Waals surface area contributed by atoms with Gasteiger partial charge in [-0.2, -0.15) is 0 Å². The monoisotopic (exact) mass is 175 g/mol. The fourth-order valence-corrected chi connectivity index (χ4v) is 1.43. The molecule has 0 aromatic heterocycles. The molecule has 0 spiro atoms. The number of rotatable bonds is 2. The first kappa shape index (κ1) is 7.94. The molecule has 68 valence electrons. The van der Waals surface area contributed by atoms with E-state index in [-0.39, 0.29) is 19.1 Å². The molecule has 2 aliphatic heterocycles. The summed E-state index contributed by atoms with van der Waals surface area (Å²) >= 11 is 0. The molecule has 2 fully saturated rings. The lowest BCUT2D eigenvalue weighted by Gasteiger charge is -2.48. The van der Waals surface area contributed by atoms with E-state index >= 15 is 0 Å². The number of carboxylic acid groups (broad SMARTS) is 1. The zero-order valence-electron chi connectivity index (χ0n) is 6.49. The van der Waals surface area contributed by atoms with Gasteiger partial charge in [0.15, 0.2) is 0 Å². The molecule has 2 saturated heterocycles. The minimum Gasteiger partial charge on any atom is -0.479 e.